The third-order valence-corrected chi connectivity index (χ3v) is 4.70. The molecule has 6 nitrogen and oxygen atoms in total. The number of aromatic amines is 1. The van der Waals surface area contributed by atoms with Crippen LogP contribution in [0.2, 0.25) is 0 Å². The van der Waals surface area contributed by atoms with Gasteiger partial charge in [-0.25, -0.2) is 0 Å². The molecule has 0 bridgehead atoms. The van der Waals surface area contributed by atoms with E-state index in [1.807, 2.05) is 18.2 Å². The summed E-state index contributed by atoms with van der Waals surface area (Å²) < 4.78 is 0. The van der Waals surface area contributed by atoms with Gasteiger partial charge in [0.15, 0.2) is 0 Å². The Balaban J connectivity index is 1.69. The van der Waals surface area contributed by atoms with Crippen LogP contribution in [0.25, 0.3) is 10.9 Å². The minimum atomic E-state index is -0.194. The molecule has 0 aliphatic heterocycles. The van der Waals surface area contributed by atoms with Crippen LogP contribution >= 0.6 is 0 Å². The number of anilines is 2. The Morgan fingerprint density at radius 2 is 1.72 bits per heavy atom. The van der Waals surface area contributed by atoms with Crippen molar-refractivity contribution in [3.63, 3.8) is 0 Å². The van der Waals surface area contributed by atoms with E-state index in [0.29, 0.717) is 29.3 Å². The van der Waals surface area contributed by atoms with Crippen molar-refractivity contribution < 1.29 is 9.59 Å². The van der Waals surface area contributed by atoms with Crippen LogP contribution in [0.15, 0.2) is 53.3 Å². The van der Waals surface area contributed by atoms with Gasteiger partial charge in [0.1, 0.15) is 0 Å². The maximum absolute atomic E-state index is 12.3. The quantitative estimate of drug-likeness (QED) is 0.589. The first-order chi connectivity index (χ1) is 13.8. The van der Waals surface area contributed by atoms with Crippen LogP contribution in [0.4, 0.5) is 11.4 Å². The Labute approximate surface area is 169 Å². The van der Waals surface area contributed by atoms with E-state index in [2.05, 4.69) is 35.5 Å². The third kappa shape index (κ3) is 5.31. The van der Waals surface area contributed by atoms with E-state index >= 15 is 0 Å². The number of carbonyl (C=O) groups excluding carboxylic acids is 2. The summed E-state index contributed by atoms with van der Waals surface area (Å²) in [6, 6.07) is 14.8. The molecular formula is C23H25N3O3. The molecule has 3 rings (SSSR count). The molecule has 0 saturated heterocycles. The van der Waals surface area contributed by atoms with Gasteiger partial charge in [-0.3, -0.25) is 14.4 Å². The van der Waals surface area contributed by atoms with Crippen molar-refractivity contribution >= 4 is 34.1 Å². The summed E-state index contributed by atoms with van der Waals surface area (Å²) in [5.74, 6) is 0.0267. The Kier molecular flexibility index (Phi) is 6.12. The second kappa shape index (κ2) is 8.73. The van der Waals surface area contributed by atoms with E-state index in [9.17, 15) is 14.4 Å². The molecule has 0 unspecified atom stereocenters. The van der Waals surface area contributed by atoms with E-state index in [1.165, 1.54) is 12.5 Å². The number of aryl methyl sites for hydroxylation is 1. The van der Waals surface area contributed by atoms with E-state index in [0.717, 1.165) is 10.9 Å². The molecule has 0 atom stereocenters. The highest BCUT2D eigenvalue weighted by atomic mass is 16.2. The zero-order valence-corrected chi connectivity index (χ0v) is 16.8. The van der Waals surface area contributed by atoms with Gasteiger partial charge in [-0.15, -0.1) is 0 Å². The van der Waals surface area contributed by atoms with Crippen LogP contribution in [0, 0.1) is 0 Å². The van der Waals surface area contributed by atoms with Gasteiger partial charge < -0.3 is 15.6 Å². The molecule has 3 aromatic rings. The first kappa shape index (κ1) is 20.3. The summed E-state index contributed by atoms with van der Waals surface area (Å²) in [6.45, 7) is 5.68. The highest BCUT2D eigenvalue weighted by molar-refractivity contribution is 5.93. The number of fused-ring (bicyclic) bond motifs is 1. The Morgan fingerprint density at radius 3 is 2.41 bits per heavy atom. The minimum absolute atomic E-state index is 0.171. The number of carbonyl (C=O) groups is 2. The van der Waals surface area contributed by atoms with Gasteiger partial charge in [-0.1, -0.05) is 26.0 Å². The molecule has 2 aromatic carbocycles. The molecule has 0 aliphatic rings. The smallest absolute Gasteiger partial charge is 0.251 e. The number of rotatable bonds is 6. The standard InChI is InChI=1S/C23H25N3O3/c1-14(2)16-7-9-21-18(11-16)12-17(23(29)26-21)8-10-22(28)25-20-6-4-5-19(13-20)24-15(3)27/h4-7,9,11-14H,8,10H2,1-3H3,(H,24,27)(H,25,28)(H,26,29). The van der Waals surface area contributed by atoms with Crippen molar-refractivity contribution in [3.8, 4) is 0 Å². The van der Waals surface area contributed by atoms with E-state index in [-0.39, 0.29) is 23.8 Å². The number of pyridine rings is 1. The van der Waals surface area contributed by atoms with Gasteiger partial charge in [0.05, 0.1) is 0 Å². The van der Waals surface area contributed by atoms with Crippen molar-refractivity contribution in [1.29, 1.82) is 0 Å². The molecule has 6 heteroatoms. The molecule has 0 aliphatic carbocycles. The van der Waals surface area contributed by atoms with Crippen molar-refractivity contribution in [2.45, 2.75) is 39.5 Å². The number of aromatic nitrogens is 1. The minimum Gasteiger partial charge on any atom is -0.326 e. The van der Waals surface area contributed by atoms with Crippen LogP contribution in [0.5, 0.6) is 0 Å². The van der Waals surface area contributed by atoms with E-state index in [1.54, 1.807) is 24.3 Å². The Bertz CT molecular complexity index is 1120. The highest BCUT2D eigenvalue weighted by Crippen LogP contribution is 2.20. The molecule has 0 saturated carbocycles. The SMILES string of the molecule is CC(=O)Nc1cccc(NC(=O)CCc2cc3cc(C(C)C)ccc3[nH]c2=O)c1. The Morgan fingerprint density at radius 1 is 1.00 bits per heavy atom. The van der Waals surface area contributed by atoms with E-state index < -0.39 is 0 Å². The van der Waals surface area contributed by atoms with E-state index in [4.69, 9.17) is 0 Å². The number of benzene rings is 2. The lowest BCUT2D eigenvalue weighted by atomic mass is 10.00. The topological polar surface area (TPSA) is 91.1 Å². The summed E-state index contributed by atoms with van der Waals surface area (Å²) in [5.41, 5.74) is 3.61. The highest BCUT2D eigenvalue weighted by Gasteiger charge is 2.09. The predicted octanol–water partition coefficient (Wildman–Crippen LogP) is 4.18. The number of nitrogens with one attached hydrogen (secondary N) is 3. The van der Waals surface area contributed by atoms with Gasteiger partial charge in [0.25, 0.3) is 5.56 Å². The lowest BCUT2D eigenvalue weighted by Crippen LogP contribution is -2.17. The van der Waals surface area contributed by atoms with Crippen LogP contribution in [0.3, 0.4) is 0 Å². The number of hydrogen-bond acceptors (Lipinski definition) is 3. The molecule has 3 N–H and O–H groups in total. The number of H-pyrrole nitrogens is 1. The molecule has 0 fully saturated rings. The zero-order valence-electron chi connectivity index (χ0n) is 16.8. The summed E-state index contributed by atoms with van der Waals surface area (Å²) in [6.07, 6.45) is 0.525. The fourth-order valence-corrected chi connectivity index (χ4v) is 3.16. The normalized spacial score (nSPS) is 10.9. The molecule has 150 valence electrons. The summed E-state index contributed by atoms with van der Waals surface area (Å²) >= 11 is 0. The second-order valence-electron chi connectivity index (χ2n) is 7.44. The summed E-state index contributed by atoms with van der Waals surface area (Å²) in [5, 5.41) is 6.45. The van der Waals surface area contributed by atoms with Crippen molar-refractivity contribution in [1.82, 2.24) is 4.98 Å². The zero-order chi connectivity index (χ0) is 21.0. The molecule has 0 spiro atoms. The molecule has 0 radical (unpaired) electrons. The first-order valence-electron chi connectivity index (χ1n) is 9.65. The fourth-order valence-electron chi connectivity index (χ4n) is 3.16. The van der Waals surface area contributed by atoms with Crippen LogP contribution in [-0.4, -0.2) is 16.8 Å². The van der Waals surface area contributed by atoms with Gasteiger partial charge in [0, 0.05) is 35.8 Å². The van der Waals surface area contributed by atoms with Gasteiger partial charge >= 0.3 is 0 Å². The predicted molar refractivity (Wildman–Crippen MR) is 116 cm³/mol. The van der Waals surface area contributed by atoms with Crippen molar-refractivity contribution in [2.24, 2.45) is 0 Å². The van der Waals surface area contributed by atoms with Crippen molar-refractivity contribution in [3.05, 3.63) is 70.0 Å². The third-order valence-electron chi connectivity index (χ3n) is 4.70. The Hall–Kier alpha value is -3.41. The van der Waals surface area contributed by atoms with Crippen LogP contribution in [-0.2, 0) is 16.0 Å². The van der Waals surface area contributed by atoms with Gasteiger partial charge in [-0.2, -0.15) is 0 Å². The summed E-state index contributed by atoms with van der Waals surface area (Å²) in [4.78, 5) is 38.7. The fraction of sp³-hybridized carbons (Fsp3) is 0.261. The monoisotopic (exact) mass is 391 g/mol. The number of hydrogen-bond donors (Lipinski definition) is 3. The van der Waals surface area contributed by atoms with Gasteiger partial charge in [-0.05, 0) is 59.7 Å². The van der Waals surface area contributed by atoms with Crippen LogP contribution in [0.1, 0.15) is 44.2 Å². The lowest BCUT2D eigenvalue weighted by molar-refractivity contribution is -0.116. The maximum atomic E-state index is 12.3. The van der Waals surface area contributed by atoms with Crippen LogP contribution < -0.4 is 16.2 Å². The average Bonchev–Trinajstić information content (AvgIpc) is 2.65. The number of amides is 2. The summed E-state index contributed by atoms with van der Waals surface area (Å²) in [7, 11) is 0. The molecular weight excluding hydrogens is 366 g/mol. The molecule has 2 amide bonds. The maximum Gasteiger partial charge on any atom is 0.251 e. The molecule has 1 aromatic heterocycles. The van der Waals surface area contributed by atoms with Crippen molar-refractivity contribution in [2.75, 3.05) is 10.6 Å². The molecule has 1 heterocycles. The second-order valence-corrected chi connectivity index (χ2v) is 7.44. The first-order valence-corrected chi connectivity index (χ1v) is 9.65. The molecule has 29 heavy (non-hydrogen) atoms. The van der Waals surface area contributed by atoms with Gasteiger partial charge in [0.2, 0.25) is 11.8 Å². The largest absolute Gasteiger partial charge is 0.326 e. The average molecular weight is 391 g/mol. The lowest BCUT2D eigenvalue weighted by Gasteiger charge is -2.09.